The van der Waals surface area contributed by atoms with E-state index in [1.54, 1.807) is 18.2 Å². The Morgan fingerprint density at radius 2 is 2.06 bits per heavy atom. The van der Waals surface area contributed by atoms with Crippen LogP contribution in [0, 0.1) is 0 Å². The molecule has 0 radical (unpaired) electrons. The molecular formula is C10H13BrN2O2S. The number of halogens is 1. The zero-order chi connectivity index (χ0) is 11.8. The molecule has 1 heterocycles. The standard InChI is InChI=1S/C10H13BrN2O2S/c11-8-3-4-10(9(12)7-8)13-5-1-2-6-16(13,14)15/h3-4,7H,1-2,5-6,12H2. The highest BCUT2D eigenvalue weighted by Crippen LogP contribution is 2.30. The maximum atomic E-state index is 11.9. The second-order valence-corrected chi connectivity index (χ2v) is 6.73. The van der Waals surface area contributed by atoms with Crippen molar-refractivity contribution in [2.45, 2.75) is 12.8 Å². The molecule has 1 aliphatic rings. The zero-order valence-electron chi connectivity index (χ0n) is 8.69. The fraction of sp³-hybridized carbons (Fsp3) is 0.400. The van der Waals surface area contributed by atoms with Crippen molar-refractivity contribution in [2.24, 2.45) is 0 Å². The molecule has 0 spiro atoms. The van der Waals surface area contributed by atoms with Gasteiger partial charge in [0.05, 0.1) is 17.1 Å². The van der Waals surface area contributed by atoms with Crippen LogP contribution in [0.25, 0.3) is 0 Å². The largest absolute Gasteiger partial charge is 0.397 e. The lowest BCUT2D eigenvalue weighted by molar-refractivity contribution is 0.574. The van der Waals surface area contributed by atoms with Gasteiger partial charge >= 0.3 is 0 Å². The van der Waals surface area contributed by atoms with Crippen LogP contribution in [0.5, 0.6) is 0 Å². The minimum atomic E-state index is -3.17. The number of benzene rings is 1. The molecule has 16 heavy (non-hydrogen) atoms. The number of rotatable bonds is 1. The molecule has 1 aromatic rings. The van der Waals surface area contributed by atoms with E-state index in [0.29, 0.717) is 17.9 Å². The third-order valence-corrected chi connectivity index (χ3v) is 4.96. The molecular weight excluding hydrogens is 292 g/mol. The molecule has 2 N–H and O–H groups in total. The number of nitrogen functional groups attached to an aromatic ring is 1. The lowest BCUT2D eigenvalue weighted by Gasteiger charge is -2.29. The monoisotopic (exact) mass is 304 g/mol. The van der Waals surface area contributed by atoms with E-state index in [9.17, 15) is 8.42 Å². The Bertz CT molecular complexity index is 502. The van der Waals surface area contributed by atoms with E-state index in [4.69, 9.17) is 5.73 Å². The van der Waals surface area contributed by atoms with Crippen molar-refractivity contribution in [3.63, 3.8) is 0 Å². The lowest BCUT2D eigenvalue weighted by Crippen LogP contribution is -2.38. The van der Waals surface area contributed by atoms with Gasteiger partial charge in [-0.05, 0) is 31.0 Å². The average Bonchev–Trinajstić information content (AvgIpc) is 2.19. The van der Waals surface area contributed by atoms with Gasteiger partial charge in [0.15, 0.2) is 0 Å². The third-order valence-electron chi connectivity index (χ3n) is 2.61. The molecule has 6 heteroatoms. The maximum absolute atomic E-state index is 11.9. The number of anilines is 2. The molecule has 2 rings (SSSR count). The van der Waals surface area contributed by atoms with E-state index in [2.05, 4.69) is 15.9 Å². The van der Waals surface area contributed by atoms with Crippen molar-refractivity contribution in [2.75, 3.05) is 22.3 Å². The Hall–Kier alpha value is -0.750. The Labute approximate surface area is 104 Å². The molecule has 0 unspecified atom stereocenters. The van der Waals surface area contributed by atoms with Gasteiger partial charge in [-0.15, -0.1) is 0 Å². The van der Waals surface area contributed by atoms with Crippen LogP contribution in [-0.4, -0.2) is 20.7 Å². The van der Waals surface area contributed by atoms with Gasteiger partial charge in [0, 0.05) is 11.0 Å². The first-order valence-corrected chi connectivity index (χ1v) is 7.46. The lowest BCUT2D eigenvalue weighted by atomic mass is 10.2. The molecule has 0 bridgehead atoms. The van der Waals surface area contributed by atoms with Crippen molar-refractivity contribution < 1.29 is 8.42 Å². The van der Waals surface area contributed by atoms with Crippen LogP contribution in [0.15, 0.2) is 22.7 Å². The Kier molecular flexibility index (Phi) is 3.12. The van der Waals surface area contributed by atoms with E-state index in [1.165, 1.54) is 4.31 Å². The molecule has 0 aromatic heterocycles. The minimum Gasteiger partial charge on any atom is -0.397 e. The Balaban J connectivity index is 2.43. The molecule has 1 fully saturated rings. The van der Waals surface area contributed by atoms with E-state index < -0.39 is 10.0 Å². The summed E-state index contributed by atoms with van der Waals surface area (Å²) in [7, 11) is -3.17. The van der Waals surface area contributed by atoms with Gasteiger partial charge in [0.1, 0.15) is 0 Å². The Morgan fingerprint density at radius 1 is 1.31 bits per heavy atom. The summed E-state index contributed by atoms with van der Waals surface area (Å²) in [5, 5.41) is 0. The van der Waals surface area contributed by atoms with Crippen molar-refractivity contribution in [1.29, 1.82) is 0 Å². The maximum Gasteiger partial charge on any atom is 0.235 e. The number of nitrogens with zero attached hydrogens (tertiary/aromatic N) is 1. The highest BCUT2D eigenvalue weighted by molar-refractivity contribution is 9.10. The van der Waals surface area contributed by atoms with Gasteiger partial charge in [-0.1, -0.05) is 15.9 Å². The summed E-state index contributed by atoms with van der Waals surface area (Å²) in [6.45, 7) is 0.522. The molecule has 1 saturated heterocycles. The van der Waals surface area contributed by atoms with Crippen molar-refractivity contribution in [3.05, 3.63) is 22.7 Å². The smallest absolute Gasteiger partial charge is 0.235 e. The topological polar surface area (TPSA) is 63.4 Å². The molecule has 1 aliphatic heterocycles. The van der Waals surface area contributed by atoms with Crippen molar-refractivity contribution >= 4 is 37.3 Å². The van der Waals surface area contributed by atoms with Gasteiger partial charge in [-0.25, -0.2) is 8.42 Å². The fourth-order valence-corrected chi connectivity index (χ4v) is 3.85. The quantitative estimate of drug-likeness (QED) is 0.807. The highest BCUT2D eigenvalue weighted by Gasteiger charge is 2.27. The first-order chi connectivity index (χ1) is 7.50. The number of hydrogen-bond acceptors (Lipinski definition) is 3. The number of sulfonamides is 1. The minimum absolute atomic E-state index is 0.211. The van der Waals surface area contributed by atoms with Crippen LogP contribution in [0.4, 0.5) is 11.4 Å². The predicted octanol–water partition coefficient (Wildman–Crippen LogP) is 1.96. The highest BCUT2D eigenvalue weighted by atomic mass is 79.9. The third kappa shape index (κ3) is 2.17. The molecule has 4 nitrogen and oxygen atoms in total. The predicted molar refractivity (Wildman–Crippen MR) is 68.9 cm³/mol. The second-order valence-electron chi connectivity index (χ2n) is 3.80. The second kappa shape index (κ2) is 4.25. The molecule has 1 aromatic carbocycles. The summed E-state index contributed by atoms with van der Waals surface area (Å²) in [5.74, 6) is 0.211. The summed E-state index contributed by atoms with van der Waals surface area (Å²) >= 11 is 3.30. The van der Waals surface area contributed by atoms with E-state index in [1.807, 2.05) is 0 Å². The number of hydrogen-bond donors (Lipinski definition) is 1. The molecule has 0 atom stereocenters. The van der Waals surface area contributed by atoms with Crippen LogP contribution in [0.1, 0.15) is 12.8 Å². The average molecular weight is 305 g/mol. The normalized spacial score (nSPS) is 19.7. The molecule has 0 saturated carbocycles. The van der Waals surface area contributed by atoms with Crippen LogP contribution in [0.3, 0.4) is 0 Å². The first-order valence-electron chi connectivity index (χ1n) is 5.06. The zero-order valence-corrected chi connectivity index (χ0v) is 11.1. The summed E-state index contributed by atoms with van der Waals surface area (Å²) < 4.78 is 26.0. The molecule has 88 valence electrons. The Morgan fingerprint density at radius 3 is 2.69 bits per heavy atom. The van der Waals surface area contributed by atoms with Gasteiger partial charge in [0.25, 0.3) is 0 Å². The molecule has 0 amide bonds. The first kappa shape index (κ1) is 11.7. The van der Waals surface area contributed by atoms with Crippen LogP contribution >= 0.6 is 15.9 Å². The SMILES string of the molecule is Nc1cc(Br)ccc1N1CCCCS1(=O)=O. The van der Waals surface area contributed by atoms with E-state index >= 15 is 0 Å². The van der Waals surface area contributed by atoms with E-state index in [0.717, 1.165) is 17.3 Å². The van der Waals surface area contributed by atoms with E-state index in [-0.39, 0.29) is 5.75 Å². The summed E-state index contributed by atoms with van der Waals surface area (Å²) in [6, 6.07) is 5.26. The summed E-state index contributed by atoms with van der Waals surface area (Å²) in [5.41, 5.74) is 6.91. The van der Waals surface area contributed by atoms with Gasteiger partial charge in [-0.2, -0.15) is 0 Å². The van der Waals surface area contributed by atoms with Gasteiger partial charge in [0.2, 0.25) is 10.0 Å². The fourth-order valence-electron chi connectivity index (χ4n) is 1.81. The van der Waals surface area contributed by atoms with Crippen molar-refractivity contribution in [1.82, 2.24) is 0 Å². The van der Waals surface area contributed by atoms with Crippen LogP contribution in [0.2, 0.25) is 0 Å². The van der Waals surface area contributed by atoms with Crippen LogP contribution < -0.4 is 10.0 Å². The summed E-state index contributed by atoms with van der Waals surface area (Å²) in [6.07, 6.45) is 1.62. The number of nitrogens with two attached hydrogens (primary N) is 1. The van der Waals surface area contributed by atoms with Crippen LogP contribution in [-0.2, 0) is 10.0 Å². The summed E-state index contributed by atoms with van der Waals surface area (Å²) in [4.78, 5) is 0. The van der Waals surface area contributed by atoms with Gasteiger partial charge < -0.3 is 5.73 Å². The molecule has 0 aliphatic carbocycles. The van der Waals surface area contributed by atoms with Crippen molar-refractivity contribution in [3.8, 4) is 0 Å². The van der Waals surface area contributed by atoms with Gasteiger partial charge in [-0.3, -0.25) is 4.31 Å².